The zero-order valence-electron chi connectivity index (χ0n) is 10.00. The second kappa shape index (κ2) is 5.25. The van der Waals surface area contributed by atoms with Gasteiger partial charge in [0.2, 0.25) is 5.78 Å². The SMILES string of the molecule is O=C(CC(=O)C(F)(F)F)c1ccc2cc(Cl)ccc2c1. The van der Waals surface area contributed by atoms with Crippen molar-refractivity contribution < 1.29 is 22.8 Å². The molecule has 2 aromatic rings. The topological polar surface area (TPSA) is 34.1 Å². The van der Waals surface area contributed by atoms with E-state index >= 15 is 0 Å². The second-order valence-corrected chi connectivity index (χ2v) is 4.66. The van der Waals surface area contributed by atoms with Gasteiger partial charge in [-0.15, -0.1) is 0 Å². The van der Waals surface area contributed by atoms with Crippen LogP contribution in [0.5, 0.6) is 0 Å². The van der Waals surface area contributed by atoms with Crippen molar-refractivity contribution in [3.63, 3.8) is 0 Å². The van der Waals surface area contributed by atoms with Gasteiger partial charge >= 0.3 is 6.18 Å². The first kappa shape index (κ1) is 14.5. The molecule has 104 valence electrons. The van der Waals surface area contributed by atoms with Crippen LogP contribution in [0.25, 0.3) is 10.8 Å². The molecule has 0 bridgehead atoms. The van der Waals surface area contributed by atoms with E-state index in [1.165, 1.54) is 12.1 Å². The van der Waals surface area contributed by atoms with Gasteiger partial charge in [-0.25, -0.2) is 0 Å². The second-order valence-electron chi connectivity index (χ2n) is 4.23. The molecule has 0 aromatic heterocycles. The van der Waals surface area contributed by atoms with Crippen molar-refractivity contribution in [2.24, 2.45) is 0 Å². The molecule has 0 fully saturated rings. The Labute approximate surface area is 117 Å². The van der Waals surface area contributed by atoms with Crippen LogP contribution >= 0.6 is 11.6 Å². The van der Waals surface area contributed by atoms with Crippen molar-refractivity contribution in [1.29, 1.82) is 0 Å². The smallest absolute Gasteiger partial charge is 0.294 e. The highest BCUT2D eigenvalue weighted by molar-refractivity contribution is 6.31. The number of rotatable bonds is 3. The van der Waals surface area contributed by atoms with Crippen molar-refractivity contribution in [3.8, 4) is 0 Å². The van der Waals surface area contributed by atoms with Crippen LogP contribution in [-0.2, 0) is 4.79 Å². The molecule has 6 heteroatoms. The van der Waals surface area contributed by atoms with E-state index < -0.39 is 24.2 Å². The van der Waals surface area contributed by atoms with E-state index in [-0.39, 0.29) is 5.56 Å². The van der Waals surface area contributed by atoms with Crippen LogP contribution in [0, 0.1) is 0 Å². The number of Topliss-reactive ketones (excluding diaryl/α,β-unsaturated/α-hetero) is 2. The van der Waals surface area contributed by atoms with Gasteiger partial charge in [0.25, 0.3) is 0 Å². The minimum absolute atomic E-state index is 0.0671. The van der Waals surface area contributed by atoms with E-state index in [1.54, 1.807) is 24.3 Å². The predicted molar refractivity (Wildman–Crippen MR) is 69.0 cm³/mol. The highest BCUT2D eigenvalue weighted by Gasteiger charge is 2.39. The fraction of sp³-hybridized carbons (Fsp3) is 0.143. The average molecular weight is 301 g/mol. The third-order valence-corrected chi connectivity index (χ3v) is 3.00. The van der Waals surface area contributed by atoms with E-state index in [0.29, 0.717) is 10.4 Å². The Bertz CT molecular complexity index is 692. The summed E-state index contributed by atoms with van der Waals surface area (Å²) in [7, 11) is 0. The molecule has 0 heterocycles. The van der Waals surface area contributed by atoms with Crippen LogP contribution < -0.4 is 0 Å². The Kier molecular flexibility index (Phi) is 3.81. The molecule has 0 aliphatic heterocycles. The van der Waals surface area contributed by atoms with Crippen LogP contribution in [0.4, 0.5) is 13.2 Å². The lowest BCUT2D eigenvalue weighted by molar-refractivity contribution is -0.170. The number of halogens is 4. The van der Waals surface area contributed by atoms with Gasteiger partial charge in [0.05, 0.1) is 6.42 Å². The zero-order chi connectivity index (χ0) is 14.9. The lowest BCUT2D eigenvalue weighted by Crippen LogP contribution is -2.25. The first-order valence-corrected chi connectivity index (χ1v) is 5.98. The minimum Gasteiger partial charge on any atom is -0.294 e. The number of carbonyl (C=O) groups excluding carboxylic acids is 2. The fourth-order valence-electron chi connectivity index (χ4n) is 1.74. The number of ketones is 2. The lowest BCUT2D eigenvalue weighted by atomic mass is 10.0. The summed E-state index contributed by atoms with van der Waals surface area (Å²) in [5.41, 5.74) is 0.0671. The van der Waals surface area contributed by atoms with E-state index in [1.807, 2.05) is 0 Å². The van der Waals surface area contributed by atoms with Gasteiger partial charge in [0, 0.05) is 10.6 Å². The van der Waals surface area contributed by atoms with Crippen LogP contribution in [0.1, 0.15) is 16.8 Å². The van der Waals surface area contributed by atoms with E-state index in [2.05, 4.69) is 0 Å². The Hall–Kier alpha value is -1.88. The summed E-state index contributed by atoms with van der Waals surface area (Å²) >= 11 is 5.80. The summed E-state index contributed by atoms with van der Waals surface area (Å²) in [6.45, 7) is 0. The third-order valence-electron chi connectivity index (χ3n) is 2.76. The monoisotopic (exact) mass is 300 g/mol. The number of carbonyl (C=O) groups is 2. The summed E-state index contributed by atoms with van der Waals surface area (Å²) in [5.74, 6) is -2.90. The lowest BCUT2D eigenvalue weighted by Gasteiger charge is -2.06. The predicted octanol–water partition coefficient (Wildman–Crippen LogP) is 4.20. The largest absolute Gasteiger partial charge is 0.450 e. The molecule has 0 unspecified atom stereocenters. The standard InChI is InChI=1S/C14H8ClF3O2/c15-11-4-3-8-5-10(2-1-9(8)6-11)12(19)7-13(20)14(16,17)18/h1-6H,7H2. The van der Waals surface area contributed by atoms with E-state index in [0.717, 1.165) is 5.39 Å². The van der Waals surface area contributed by atoms with Gasteiger partial charge in [-0.05, 0) is 29.0 Å². The molecule has 20 heavy (non-hydrogen) atoms. The highest BCUT2D eigenvalue weighted by Crippen LogP contribution is 2.23. The van der Waals surface area contributed by atoms with Gasteiger partial charge in [-0.1, -0.05) is 29.8 Å². The molecule has 0 saturated carbocycles. The molecule has 0 atom stereocenters. The molecule has 2 nitrogen and oxygen atoms in total. The number of hydrogen-bond acceptors (Lipinski definition) is 2. The molecule has 0 spiro atoms. The highest BCUT2D eigenvalue weighted by atomic mass is 35.5. The summed E-state index contributed by atoms with van der Waals surface area (Å²) in [6, 6.07) is 9.33. The van der Waals surface area contributed by atoms with Gasteiger partial charge in [0.1, 0.15) is 0 Å². The van der Waals surface area contributed by atoms with Gasteiger partial charge < -0.3 is 0 Å². The molecule has 0 N–H and O–H groups in total. The van der Waals surface area contributed by atoms with Crippen LogP contribution in [-0.4, -0.2) is 17.7 Å². The Morgan fingerprint density at radius 3 is 2.25 bits per heavy atom. The maximum absolute atomic E-state index is 12.1. The maximum atomic E-state index is 12.1. The quantitative estimate of drug-likeness (QED) is 0.629. The number of benzene rings is 2. The van der Waals surface area contributed by atoms with Crippen molar-refractivity contribution in [2.45, 2.75) is 12.6 Å². The summed E-state index contributed by atoms with van der Waals surface area (Å²) in [6.07, 6.45) is -6.16. The summed E-state index contributed by atoms with van der Waals surface area (Å²) < 4.78 is 36.3. The van der Waals surface area contributed by atoms with Crippen molar-refractivity contribution in [3.05, 3.63) is 47.0 Å². The molecular weight excluding hydrogens is 293 g/mol. The van der Waals surface area contributed by atoms with Gasteiger partial charge in [-0.3, -0.25) is 9.59 Å². The third kappa shape index (κ3) is 3.17. The molecule has 0 amide bonds. The summed E-state index contributed by atoms with van der Waals surface area (Å²) in [4.78, 5) is 22.5. The van der Waals surface area contributed by atoms with E-state index in [4.69, 9.17) is 11.6 Å². The van der Waals surface area contributed by atoms with Gasteiger partial charge in [0.15, 0.2) is 5.78 Å². The number of fused-ring (bicyclic) bond motifs is 1. The first-order valence-electron chi connectivity index (χ1n) is 5.60. The Morgan fingerprint density at radius 1 is 1.00 bits per heavy atom. The minimum atomic E-state index is -4.99. The van der Waals surface area contributed by atoms with Crippen LogP contribution in [0.15, 0.2) is 36.4 Å². The zero-order valence-corrected chi connectivity index (χ0v) is 10.8. The molecule has 2 rings (SSSR count). The molecule has 0 radical (unpaired) electrons. The maximum Gasteiger partial charge on any atom is 0.450 e. The van der Waals surface area contributed by atoms with Crippen molar-refractivity contribution in [1.82, 2.24) is 0 Å². The fourth-order valence-corrected chi connectivity index (χ4v) is 1.92. The van der Waals surface area contributed by atoms with Crippen LogP contribution in [0.3, 0.4) is 0 Å². The molecule has 0 saturated heterocycles. The van der Waals surface area contributed by atoms with Gasteiger partial charge in [-0.2, -0.15) is 13.2 Å². The molecule has 2 aromatic carbocycles. The first-order chi connectivity index (χ1) is 9.27. The number of hydrogen-bond donors (Lipinski definition) is 0. The summed E-state index contributed by atoms with van der Waals surface area (Å²) in [5, 5.41) is 1.94. The normalized spacial score (nSPS) is 11.6. The van der Waals surface area contributed by atoms with Crippen molar-refractivity contribution in [2.75, 3.05) is 0 Å². The van der Waals surface area contributed by atoms with Crippen molar-refractivity contribution >= 4 is 33.9 Å². The molecular formula is C14H8ClF3O2. The Balaban J connectivity index is 2.27. The van der Waals surface area contributed by atoms with E-state index in [9.17, 15) is 22.8 Å². The molecule has 0 aliphatic carbocycles. The van der Waals surface area contributed by atoms with Crippen LogP contribution in [0.2, 0.25) is 5.02 Å². The Morgan fingerprint density at radius 2 is 1.60 bits per heavy atom. The molecule has 0 aliphatic rings. The number of alkyl halides is 3. The average Bonchev–Trinajstić information content (AvgIpc) is 2.36.